The number of hydrogen-bond donors (Lipinski definition) is 3. The molecule has 4 N–H and O–H groups in total. The van der Waals surface area contributed by atoms with Crippen LogP contribution in [0.2, 0.25) is 0 Å². The normalized spacial score (nSPS) is 11.2. The predicted molar refractivity (Wildman–Crippen MR) is 74.3 cm³/mol. The highest BCUT2D eigenvalue weighted by molar-refractivity contribution is 5.97. The predicted octanol–water partition coefficient (Wildman–Crippen LogP) is 1.25. The van der Waals surface area contributed by atoms with Gasteiger partial charge in [0, 0.05) is 18.3 Å². The average molecular weight is 288 g/mol. The number of hydrogen-bond acceptors (Lipinski definition) is 4. The standard InChI is InChI=1S/C14H13FN4O2/c15-12-5-11(7-17-8-12)14(20)18-6-9-1-3-10(4-2-9)13(16)19-21/h1-5,7-8,21H,6H2,(H2,16,19)(H,18,20). The largest absolute Gasteiger partial charge is 0.409 e. The first-order valence-corrected chi connectivity index (χ1v) is 6.05. The molecule has 2 aromatic rings. The molecule has 108 valence electrons. The van der Waals surface area contributed by atoms with E-state index in [1.807, 2.05) is 0 Å². The second kappa shape index (κ2) is 6.47. The molecule has 0 aliphatic rings. The molecule has 0 unspecified atom stereocenters. The maximum absolute atomic E-state index is 13.0. The van der Waals surface area contributed by atoms with Crippen molar-refractivity contribution in [1.29, 1.82) is 0 Å². The van der Waals surface area contributed by atoms with Crippen molar-refractivity contribution in [2.75, 3.05) is 0 Å². The lowest BCUT2D eigenvalue weighted by atomic mass is 10.1. The van der Waals surface area contributed by atoms with E-state index < -0.39 is 11.7 Å². The summed E-state index contributed by atoms with van der Waals surface area (Å²) in [6.45, 7) is 0.270. The molecule has 7 heteroatoms. The minimum absolute atomic E-state index is 0.0106. The monoisotopic (exact) mass is 288 g/mol. The first-order valence-electron chi connectivity index (χ1n) is 6.05. The molecule has 0 saturated carbocycles. The summed E-state index contributed by atoms with van der Waals surface area (Å²) in [5.41, 5.74) is 6.99. The molecule has 0 bridgehead atoms. The second-order valence-corrected chi connectivity index (χ2v) is 4.26. The number of benzene rings is 1. The highest BCUT2D eigenvalue weighted by Crippen LogP contribution is 2.05. The Labute approximate surface area is 120 Å². The van der Waals surface area contributed by atoms with E-state index in [1.54, 1.807) is 24.3 Å². The fraction of sp³-hybridized carbons (Fsp3) is 0.0714. The van der Waals surface area contributed by atoms with Crippen molar-refractivity contribution in [3.05, 3.63) is 65.2 Å². The summed E-state index contributed by atoms with van der Waals surface area (Å²) in [6, 6.07) is 7.92. The van der Waals surface area contributed by atoms with Crippen molar-refractivity contribution in [1.82, 2.24) is 10.3 Å². The summed E-state index contributed by atoms with van der Waals surface area (Å²) in [5, 5.41) is 14.1. The average Bonchev–Trinajstić information content (AvgIpc) is 2.52. The molecule has 1 amide bonds. The van der Waals surface area contributed by atoms with Gasteiger partial charge in [-0.1, -0.05) is 29.4 Å². The van der Waals surface area contributed by atoms with Crippen LogP contribution < -0.4 is 11.1 Å². The fourth-order valence-electron chi connectivity index (χ4n) is 1.67. The van der Waals surface area contributed by atoms with Crippen LogP contribution in [-0.2, 0) is 6.54 Å². The third-order valence-electron chi connectivity index (χ3n) is 2.78. The van der Waals surface area contributed by atoms with Crippen molar-refractivity contribution < 1.29 is 14.4 Å². The number of nitrogens with zero attached hydrogens (tertiary/aromatic N) is 2. The zero-order chi connectivity index (χ0) is 15.2. The van der Waals surface area contributed by atoms with Gasteiger partial charge in [-0.2, -0.15) is 0 Å². The van der Waals surface area contributed by atoms with E-state index in [9.17, 15) is 9.18 Å². The summed E-state index contributed by atoms with van der Waals surface area (Å²) in [4.78, 5) is 15.4. The van der Waals surface area contributed by atoms with Crippen LogP contribution in [0.5, 0.6) is 0 Å². The Balaban J connectivity index is 1.98. The molecule has 0 atom stereocenters. The highest BCUT2D eigenvalue weighted by Gasteiger charge is 2.07. The highest BCUT2D eigenvalue weighted by atomic mass is 19.1. The maximum atomic E-state index is 13.0. The molecule has 0 aliphatic heterocycles. The molecule has 0 spiro atoms. The van der Waals surface area contributed by atoms with Gasteiger partial charge in [0.05, 0.1) is 11.8 Å². The van der Waals surface area contributed by atoms with Crippen LogP contribution in [0.4, 0.5) is 4.39 Å². The van der Waals surface area contributed by atoms with E-state index in [-0.39, 0.29) is 17.9 Å². The fourth-order valence-corrected chi connectivity index (χ4v) is 1.67. The molecule has 6 nitrogen and oxygen atoms in total. The van der Waals surface area contributed by atoms with Crippen LogP contribution in [-0.4, -0.2) is 21.9 Å². The molecule has 1 heterocycles. The Kier molecular flexibility index (Phi) is 4.45. The van der Waals surface area contributed by atoms with Gasteiger partial charge in [0.15, 0.2) is 5.84 Å². The third kappa shape index (κ3) is 3.75. The number of nitrogens with one attached hydrogen (secondary N) is 1. The van der Waals surface area contributed by atoms with Crippen molar-refractivity contribution in [2.45, 2.75) is 6.54 Å². The first kappa shape index (κ1) is 14.4. The van der Waals surface area contributed by atoms with E-state index in [1.165, 1.54) is 6.20 Å². The summed E-state index contributed by atoms with van der Waals surface area (Å²) in [6.07, 6.45) is 2.32. The van der Waals surface area contributed by atoms with Crippen molar-refractivity contribution in [3.63, 3.8) is 0 Å². The smallest absolute Gasteiger partial charge is 0.253 e. The minimum Gasteiger partial charge on any atom is -0.409 e. The number of pyridine rings is 1. The number of rotatable bonds is 4. The number of aromatic nitrogens is 1. The molecule has 0 fully saturated rings. The van der Waals surface area contributed by atoms with Gasteiger partial charge in [-0.3, -0.25) is 9.78 Å². The first-order chi connectivity index (χ1) is 10.1. The van der Waals surface area contributed by atoms with E-state index in [0.29, 0.717) is 5.56 Å². The number of amidine groups is 1. The van der Waals surface area contributed by atoms with Crippen molar-refractivity contribution in [3.8, 4) is 0 Å². The number of oxime groups is 1. The second-order valence-electron chi connectivity index (χ2n) is 4.26. The Morgan fingerprint density at radius 3 is 2.62 bits per heavy atom. The van der Waals surface area contributed by atoms with Crippen LogP contribution in [0.15, 0.2) is 47.9 Å². The number of carbonyl (C=O) groups excluding carboxylic acids is 1. The molecule has 21 heavy (non-hydrogen) atoms. The summed E-state index contributed by atoms with van der Waals surface area (Å²) in [5.74, 6) is -0.968. The van der Waals surface area contributed by atoms with Gasteiger partial charge in [-0.25, -0.2) is 4.39 Å². The molecule has 1 aromatic heterocycles. The SMILES string of the molecule is N/C(=N/O)c1ccc(CNC(=O)c2cncc(F)c2)cc1. The molecule has 2 rings (SSSR count). The zero-order valence-corrected chi connectivity index (χ0v) is 11.0. The Morgan fingerprint density at radius 2 is 2.00 bits per heavy atom. The summed E-state index contributed by atoms with van der Waals surface area (Å²) in [7, 11) is 0. The van der Waals surface area contributed by atoms with Gasteiger partial charge in [0.25, 0.3) is 5.91 Å². The van der Waals surface area contributed by atoms with Gasteiger partial charge in [0.2, 0.25) is 0 Å². The minimum atomic E-state index is -0.564. The topological polar surface area (TPSA) is 101 Å². The maximum Gasteiger partial charge on any atom is 0.253 e. The van der Waals surface area contributed by atoms with E-state index in [2.05, 4.69) is 15.5 Å². The van der Waals surface area contributed by atoms with Crippen molar-refractivity contribution in [2.24, 2.45) is 10.9 Å². The van der Waals surface area contributed by atoms with E-state index in [4.69, 9.17) is 10.9 Å². The molecule has 0 aliphatic carbocycles. The van der Waals surface area contributed by atoms with Crippen LogP contribution in [0, 0.1) is 5.82 Å². The summed E-state index contributed by atoms with van der Waals surface area (Å²) >= 11 is 0. The molecular formula is C14H13FN4O2. The lowest BCUT2D eigenvalue weighted by molar-refractivity contribution is 0.0950. The van der Waals surface area contributed by atoms with Crippen LogP contribution in [0.25, 0.3) is 0 Å². The molecule has 0 radical (unpaired) electrons. The number of halogens is 1. The molecule has 1 aromatic carbocycles. The number of nitrogens with two attached hydrogens (primary N) is 1. The van der Waals surface area contributed by atoms with Gasteiger partial charge in [0.1, 0.15) is 5.82 Å². The van der Waals surface area contributed by atoms with Crippen LogP contribution >= 0.6 is 0 Å². The molecular weight excluding hydrogens is 275 g/mol. The van der Waals surface area contributed by atoms with Crippen LogP contribution in [0.1, 0.15) is 21.5 Å². The Hall–Kier alpha value is -2.96. The third-order valence-corrected chi connectivity index (χ3v) is 2.78. The number of carbonyl (C=O) groups is 1. The molecule has 0 saturated heterocycles. The lowest BCUT2D eigenvalue weighted by Gasteiger charge is -2.06. The lowest BCUT2D eigenvalue weighted by Crippen LogP contribution is -2.23. The van der Waals surface area contributed by atoms with Gasteiger partial charge < -0.3 is 16.3 Å². The van der Waals surface area contributed by atoms with Crippen molar-refractivity contribution >= 4 is 11.7 Å². The van der Waals surface area contributed by atoms with E-state index >= 15 is 0 Å². The number of amides is 1. The zero-order valence-electron chi connectivity index (χ0n) is 11.0. The van der Waals surface area contributed by atoms with Gasteiger partial charge in [-0.05, 0) is 11.6 Å². The summed E-state index contributed by atoms with van der Waals surface area (Å²) < 4.78 is 13.0. The van der Waals surface area contributed by atoms with Gasteiger partial charge in [-0.15, -0.1) is 0 Å². The Bertz CT molecular complexity index is 671. The Morgan fingerprint density at radius 1 is 1.29 bits per heavy atom. The van der Waals surface area contributed by atoms with Gasteiger partial charge >= 0.3 is 0 Å². The van der Waals surface area contributed by atoms with Crippen LogP contribution in [0.3, 0.4) is 0 Å². The van der Waals surface area contributed by atoms with E-state index in [0.717, 1.165) is 17.8 Å². The quantitative estimate of drug-likeness (QED) is 0.341.